The van der Waals surface area contributed by atoms with E-state index in [1.54, 1.807) is 53.4 Å². The Kier molecular flexibility index (Phi) is 8.42. The topological polar surface area (TPSA) is 108 Å². The highest BCUT2D eigenvalue weighted by molar-refractivity contribution is 6.10. The molecule has 172 valence electrons. The first-order valence-electron chi connectivity index (χ1n) is 10.9. The Labute approximate surface area is 199 Å². The molecule has 0 aliphatic rings. The quantitative estimate of drug-likeness (QED) is 0.147. The maximum atomic E-state index is 13.0. The largest absolute Gasteiger partial charge is 0.462 e. The molecule has 0 saturated heterocycles. The number of unbranched alkanes of at least 4 members (excludes halogenated alkanes) is 1. The van der Waals surface area contributed by atoms with Gasteiger partial charge in [0.25, 0.3) is 5.91 Å². The van der Waals surface area contributed by atoms with Gasteiger partial charge in [0.15, 0.2) is 0 Å². The van der Waals surface area contributed by atoms with E-state index < -0.39 is 11.9 Å². The third kappa shape index (κ3) is 6.24. The van der Waals surface area contributed by atoms with Crippen LogP contribution in [0, 0.1) is 11.3 Å². The molecular formula is C27H26N4O3. The van der Waals surface area contributed by atoms with Gasteiger partial charge in [-0.2, -0.15) is 5.26 Å². The van der Waals surface area contributed by atoms with Crippen LogP contribution in [0.25, 0.3) is 0 Å². The molecule has 0 saturated carbocycles. The van der Waals surface area contributed by atoms with Crippen molar-refractivity contribution in [3.8, 4) is 6.07 Å². The molecule has 7 nitrogen and oxygen atoms in total. The number of amides is 1. The Morgan fingerprint density at radius 1 is 1.00 bits per heavy atom. The first-order chi connectivity index (χ1) is 16.5. The fourth-order valence-electron chi connectivity index (χ4n) is 3.14. The Hall–Kier alpha value is -4.57. The summed E-state index contributed by atoms with van der Waals surface area (Å²) in [4.78, 5) is 27.2. The van der Waals surface area contributed by atoms with Gasteiger partial charge < -0.3 is 20.7 Å². The van der Waals surface area contributed by atoms with E-state index in [0.717, 1.165) is 24.2 Å². The molecule has 3 rings (SSSR count). The van der Waals surface area contributed by atoms with Crippen LogP contribution in [-0.2, 0) is 9.53 Å². The number of anilines is 4. The molecule has 3 aromatic rings. The molecule has 0 aromatic heterocycles. The summed E-state index contributed by atoms with van der Waals surface area (Å²) < 4.78 is 5.28. The number of carbonyl (C=O) groups is 2. The maximum Gasteiger partial charge on any atom is 0.340 e. The lowest BCUT2D eigenvalue weighted by Gasteiger charge is -2.21. The van der Waals surface area contributed by atoms with Crippen molar-refractivity contribution >= 4 is 34.6 Å². The highest BCUT2D eigenvalue weighted by Gasteiger charge is 2.18. The second-order valence-electron chi connectivity index (χ2n) is 7.44. The van der Waals surface area contributed by atoms with Crippen LogP contribution in [0.3, 0.4) is 0 Å². The van der Waals surface area contributed by atoms with Gasteiger partial charge in [0.1, 0.15) is 11.6 Å². The number of nitrogens with zero attached hydrogens (tertiary/aromatic N) is 2. The normalized spacial score (nSPS) is 10.8. The zero-order valence-electron chi connectivity index (χ0n) is 18.9. The second kappa shape index (κ2) is 11.9. The number of rotatable bonds is 9. The predicted octanol–water partition coefficient (Wildman–Crippen LogP) is 5.41. The summed E-state index contributed by atoms with van der Waals surface area (Å²) in [6, 6.07) is 24.9. The third-order valence-electron chi connectivity index (χ3n) is 4.96. The summed E-state index contributed by atoms with van der Waals surface area (Å²) in [6.45, 7) is 2.30. The molecule has 0 unspecified atom stereocenters. The van der Waals surface area contributed by atoms with Crippen LogP contribution in [0.1, 0.15) is 30.1 Å². The van der Waals surface area contributed by atoms with E-state index >= 15 is 0 Å². The number of ether oxygens (including phenoxy) is 1. The summed E-state index contributed by atoms with van der Waals surface area (Å²) in [7, 11) is 0. The van der Waals surface area contributed by atoms with Crippen LogP contribution in [0.2, 0.25) is 0 Å². The molecule has 0 fully saturated rings. The van der Waals surface area contributed by atoms with E-state index in [9.17, 15) is 14.9 Å². The lowest BCUT2D eigenvalue weighted by molar-refractivity contribution is -0.112. The summed E-state index contributed by atoms with van der Waals surface area (Å²) >= 11 is 0. The Morgan fingerprint density at radius 3 is 2.32 bits per heavy atom. The van der Waals surface area contributed by atoms with Gasteiger partial charge in [-0.15, -0.1) is 0 Å². The van der Waals surface area contributed by atoms with Gasteiger partial charge in [-0.1, -0.05) is 43.7 Å². The Bertz CT molecular complexity index is 1200. The van der Waals surface area contributed by atoms with Gasteiger partial charge in [0, 0.05) is 23.3 Å². The fraction of sp³-hybridized carbons (Fsp3) is 0.148. The van der Waals surface area contributed by atoms with Gasteiger partial charge in [-0.3, -0.25) is 4.79 Å². The van der Waals surface area contributed by atoms with Gasteiger partial charge in [-0.25, -0.2) is 4.79 Å². The zero-order chi connectivity index (χ0) is 24.3. The Morgan fingerprint density at radius 2 is 1.65 bits per heavy atom. The van der Waals surface area contributed by atoms with E-state index in [0.29, 0.717) is 12.3 Å². The average Bonchev–Trinajstić information content (AvgIpc) is 2.86. The van der Waals surface area contributed by atoms with Gasteiger partial charge in [-0.05, 0) is 55.0 Å². The van der Waals surface area contributed by atoms with Crippen LogP contribution < -0.4 is 16.0 Å². The summed E-state index contributed by atoms with van der Waals surface area (Å²) in [5.41, 5.74) is 8.25. The standard InChI is InChI=1S/C27H26N4O3/c1-2-3-17-34-27(33)24-11-7-8-12-25(24)30-26(32)20(18-28)19-31(22-9-5-4-6-10-22)23-15-13-21(29)14-16-23/h4-16,19H,2-3,17,29H2,1H3,(H,30,32)/b20-19-. The minimum absolute atomic E-state index is 0.144. The zero-order valence-corrected chi connectivity index (χ0v) is 18.9. The molecule has 3 N–H and O–H groups in total. The number of carbonyl (C=O) groups excluding carboxylic acids is 2. The minimum atomic E-state index is -0.646. The summed E-state index contributed by atoms with van der Waals surface area (Å²) in [5, 5.41) is 12.4. The summed E-state index contributed by atoms with van der Waals surface area (Å²) in [5.74, 6) is -1.17. The molecule has 1 amide bonds. The first kappa shape index (κ1) is 24.1. The van der Waals surface area contributed by atoms with Crippen LogP contribution >= 0.6 is 0 Å². The van der Waals surface area contributed by atoms with Crippen molar-refractivity contribution in [2.24, 2.45) is 0 Å². The van der Waals surface area contributed by atoms with Crippen molar-refractivity contribution in [2.45, 2.75) is 19.8 Å². The molecular weight excluding hydrogens is 428 g/mol. The predicted molar refractivity (Wildman–Crippen MR) is 133 cm³/mol. The molecule has 34 heavy (non-hydrogen) atoms. The van der Waals surface area contributed by atoms with Crippen LogP contribution in [-0.4, -0.2) is 18.5 Å². The number of nitrogen functional groups attached to an aromatic ring is 1. The highest BCUT2D eigenvalue weighted by atomic mass is 16.5. The minimum Gasteiger partial charge on any atom is -0.462 e. The number of hydrogen-bond acceptors (Lipinski definition) is 6. The van der Waals surface area contributed by atoms with Crippen molar-refractivity contribution in [1.82, 2.24) is 0 Å². The van der Waals surface area contributed by atoms with E-state index in [1.165, 1.54) is 6.20 Å². The van der Waals surface area contributed by atoms with Crippen LogP contribution in [0.5, 0.6) is 0 Å². The number of nitrogens with two attached hydrogens (primary N) is 1. The molecule has 0 radical (unpaired) electrons. The number of nitrogens with one attached hydrogen (secondary N) is 1. The smallest absolute Gasteiger partial charge is 0.340 e. The maximum absolute atomic E-state index is 13.0. The Balaban J connectivity index is 1.90. The molecule has 0 heterocycles. The first-order valence-corrected chi connectivity index (χ1v) is 10.9. The monoisotopic (exact) mass is 454 g/mol. The molecule has 0 atom stereocenters. The molecule has 0 aliphatic carbocycles. The lowest BCUT2D eigenvalue weighted by atomic mass is 10.1. The number of benzene rings is 3. The van der Waals surface area contributed by atoms with E-state index in [-0.39, 0.29) is 16.8 Å². The van der Waals surface area contributed by atoms with Crippen LogP contribution in [0.15, 0.2) is 90.6 Å². The second-order valence-corrected chi connectivity index (χ2v) is 7.44. The number of esters is 1. The number of nitriles is 1. The third-order valence-corrected chi connectivity index (χ3v) is 4.96. The van der Waals surface area contributed by atoms with Crippen LogP contribution in [0.4, 0.5) is 22.7 Å². The SMILES string of the molecule is CCCCOC(=O)c1ccccc1NC(=O)/C(C#N)=C\N(c1ccccc1)c1ccc(N)cc1. The van der Waals surface area contributed by atoms with Crippen molar-refractivity contribution in [3.05, 3.63) is 96.2 Å². The lowest BCUT2D eigenvalue weighted by Crippen LogP contribution is -2.19. The van der Waals surface area contributed by atoms with E-state index in [1.807, 2.05) is 43.3 Å². The molecule has 7 heteroatoms. The van der Waals surface area contributed by atoms with E-state index in [2.05, 4.69) is 5.32 Å². The summed E-state index contributed by atoms with van der Waals surface area (Å²) in [6.07, 6.45) is 3.11. The average molecular weight is 455 g/mol. The highest BCUT2D eigenvalue weighted by Crippen LogP contribution is 2.27. The van der Waals surface area contributed by atoms with Crippen molar-refractivity contribution in [3.63, 3.8) is 0 Å². The van der Waals surface area contributed by atoms with E-state index in [4.69, 9.17) is 10.5 Å². The number of hydrogen-bond donors (Lipinski definition) is 2. The van der Waals surface area contributed by atoms with Gasteiger partial charge in [0.2, 0.25) is 0 Å². The molecule has 0 spiro atoms. The van der Waals surface area contributed by atoms with Crippen molar-refractivity contribution in [1.29, 1.82) is 5.26 Å². The van der Waals surface area contributed by atoms with Gasteiger partial charge >= 0.3 is 5.97 Å². The van der Waals surface area contributed by atoms with Gasteiger partial charge in [0.05, 0.1) is 17.9 Å². The van der Waals surface area contributed by atoms with Crippen molar-refractivity contribution in [2.75, 3.05) is 22.6 Å². The number of para-hydroxylation sites is 2. The van der Waals surface area contributed by atoms with Crippen molar-refractivity contribution < 1.29 is 14.3 Å². The molecule has 0 aliphatic heterocycles. The fourth-order valence-corrected chi connectivity index (χ4v) is 3.14. The molecule has 0 bridgehead atoms. The molecule has 3 aromatic carbocycles.